The molecule has 88 valence electrons. The first-order valence-electron chi connectivity index (χ1n) is 5.30. The van der Waals surface area contributed by atoms with Crippen molar-refractivity contribution in [2.75, 3.05) is 5.32 Å². The van der Waals surface area contributed by atoms with Gasteiger partial charge in [-0.1, -0.05) is 13.8 Å². The molecule has 1 amide bonds. The van der Waals surface area contributed by atoms with Gasteiger partial charge in [0.05, 0.1) is 6.20 Å². The van der Waals surface area contributed by atoms with Gasteiger partial charge in [0.25, 0.3) is 0 Å². The minimum atomic E-state index is -0.0764. The maximum Gasteiger partial charge on any atom is 0.228 e. The second-order valence-electron chi connectivity index (χ2n) is 3.93. The Balaban J connectivity index is 2.20. The minimum absolute atomic E-state index is 0.0604. The van der Waals surface area contributed by atoms with E-state index in [-0.39, 0.29) is 11.8 Å². The van der Waals surface area contributed by atoms with Crippen molar-refractivity contribution in [3.63, 3.8) is 0 Å². The number of amides is 1. The molecule has 2 aromatic heterocycles. The Morgan fingerprint density at radius 1 is 1.47 bits per heavy atom. The number of H-pyrrole nitrogens is 1. The lowest BCUT2D eigenvalue weighted by molar-refractivity contribution is -0.118. The van der Waals surface area contributed by atoms with Crippen molar-refractivity contribution < 1.29 is 4.79 Å². The topological polar surface area (TPSA) is 83.6 Å². The highest BCUT2D eigenvalue weighted by Crippen LogP contribution is 2.17. The van der Waals surface area contributed by atoms with Crippen LogP contribution >= 0.6 is 0 Å². The maximum atomic E-state index is 11.5. The Kier molecular flexibility index (Phi) is 3.13. The number of hydrogen-bond acceptors (Lipinski definition) is 4. The number of carbonyl (C=O) groups is 1. The largest absolute Gasteiger partial charge is 0.310 e. The number of aromatic amines is 1. The number of hydrogen-bond donors (Lipinski definition) is 2. The Hall–Kier alpha value is -2.24. The average Bonchev–Trinajstić information content (AvgIpc) is 2.82. The van der Waals surface area contributed by atoms with Gasteiger partial charge in [-0.3, -0.25) is 4.79 Å². The standard InChI is InChI=1S/C11H13N5O/c1-7(2)11(17)14-10-5-8(3-4-12-10)9-6-13-16-15-9/h3-7H,1-2H3,(H,12,14,17)(H,13,15,16). The minimum Gasteiger partial charge on any atom is -0.310 e. The molecule has 2 rings (SSSR count). The second-order valence-corrected chi connectivity index (χ2v) is 3.93. The quantitative estimate of drug-likeness (QED) is 0.837. The molecule has 2 N–H and O–H groups in total. The molecule has 0 bridgehead atoms. The lowest BCUT2D eigenvalue weighted by Gasteiger charge is -2.07. The molecular formula is C11H13N5O. The molecule has 2 aromatic rings. The zero-order chi connectivity index (χ0) is 12.3. The number of nitrogens with zero attached hydrogens (tertiary/aromatic N) is 3. The van der Waals surface area contributed by atoms with E-state index in [4.69, 9.17) is 0 Å². The highest BCUT2D eigenvalue weighted by molar-refractivity contribution is 5.91. The van der Waals surface area contributed by atoms with Crippen LogP contribution in [0.4, 0.5) is 5.82 Å². The molecule has 0 saturated heterocycles. The molecule has 2 heterocycles. The average molecular weight is 231 g/mol. The van der Waals surface area contributed by atoms with Crippen LogP contribution in [-0.2, 0) is 4.79 Å². The third-order valence-electron chi connectivity index (χ3n) is 2.25. The van der Waals surface area contributed by atoms with E-state index in [0.29, 0.717) is 11.5 Å². The van der Waals surface area contributed by atoms with Gasteiger partial charge in [-0.15, -0.1) is 0 Å². The molecule has 0 aliphatic carbocycles. The first-order valence-corrected chi connectivity index (χ1v) is 5.30. The van der Waals surface area contributed by atoms with Crippen molar-refractivity contribution >= 4 is 11.7 Å². The highest BCUT2D eigenvalue weighted by atomic mass is 16.1. The van der Waals surface area contributed by atoms with E-state index >= 15 is 0 Å². The van der Waals surface area contributed by atoms with Gasteiger partial charge in [-0.05, 0) is 12.1 Å². The third kappa shape index (κ3) is 2.66. The molecule has 0 radical (unpaired) electrons. The molecular weight excluding hydrogens is 218 g/mol. The molecule has 0 saturated carbocycles. The fourth-order valence-electron chi connectivity index (χ4n) is 1.27. The van der Waals surface area contributed by atoms with Crippen LogP contribution in [0.3, 0.4) is 0 Å². The van der Waals surface area contributed by atoms with E-state index in [0.717, 1.165) is 5.56 Å². The van der Waals surface area contributed by atoms with Crippen LogP contribution < -0.4 is 5.32 Å². The Bertz CT molecular complexity index is 506. The van der Waals surface area contributed by atoms with E-state index in [9.17, 15) is 4.79 Å². The summed E-state index contributed by atoms with van der Waals surface area (Å²) in [5.74, 6) is 0.381. The summed E-state index contributed by atoms with van der Waals surface area (Å²) >= 11 is 0. The summed E-state index contributed by atoms with van der Waals surface area (Å²) in [7, 11) is 0. The first kappa shape index (κ1) is 11.3. The SMILES string of the molecule is CC(C)C(=O)Nc1cc(-c2cn[nH]n2)ccn1. The summed E-state index contributed by atoms with van der Waals surface area (Å²) in [4.78, 5) is 15.6. The lowest BCUT2D eigenvalue weighted by atomic mass is 10.2. The van der Waals surface area contributed by atoms with Crippen molar-refractivity contribution in [1.82, 2.24) is 20.4 Å². The van der Waals surface area contributed by atoms with Gasteiger partial charge in [-0.25, -0.2) is 4.98 Å². The van der Waals surface area contributed by atoms with Gasteiger partial charge in [0.1, 0.15) is 11.5 Å². The molecule has 17 heavy (non-hydrogen) atoms. The van der Waals surface area contributed by atoms with Crippen molar-refractivity contribution in [3.8, 4) is 11.3 Å². The predicted molar refractivity (Wildman–Crippen MR) is 63.1 cm³/mol. The van der Waals surface area contributed by atoms with E-state index in [2.05, 4.69) is 25.7 Å². The Morgan fingerprint density at radius 2 is 2.29 bits per heavy atom. The smallest absolute Gasteiger partial charge is 0.228 e. The summed E-state index contributed by atoms with van der Waals surface area (Å²) in [6, 6.07) is 3.57. The molecule has 0 aliphatic heterocycles. The van der Waals surface area contributed by atoms with Crippen LogP contribution in [0.25, 0.3) is 11.3 Å². The lowest BCUT2D eigenvalue weighted by Crippen LogP contribution is -2.18. The van der Waals surface area contributed by atoms with Crippen LogP contribution in [0, 0.1) is 5.92 Å². The molecule has 0 atom stereocenters. The highest BCUT2D eigenvalue weighted by Gasteiger charge is 2.09. The van der Waals surface area contributed by atoms with Crippen LogP contribution in [0.15, 0.2) is 24.5 Å². The van der Waals surface area contributed by atoms with Crippen molar-refractivity contribution in [2.24, 2.45) is 5.92 Å². The molecule has 0 fully saturated rings. The maximum absolute atomic E-state index is 11.5. The molecule has 0 unspecified atom stereocenters. The van der Waals surface area contributed by atoms with Gasteiger partial charge in [-0.2, -0.15) is 15.4 Å². The van der Waals surface area contributed by atoms with Crippen molar-refractivity contribution in [2.45, 2.75) is 13.8 Å². The summed E-state index contributed by atoms with van der Waals surface area (Å²) in [5, 5.41) is 13.0. The van der Waals surface area contributed by atoms with E-state index in [1.165, 1.54) is 0 Å². The second kappa shape index (κ2) is 4.73. The fraction of sp³-hybridized carbons (Fsp3) is 0.273. The van der Waals surface area contributed by atoms with Crippen LogP contribution in [0.1, 0.15) is 13.8 Å². The number of rotatable bonds is 3. The molecule has 6 nitrogen and oxygen atoms in total. The van der Waals surface area contributed by atoms with Crippen molar-refractivity contribution in [1.29, 1.82) is 0 Å². The number of carbonyl (C=O) groups excluding carboxylic acids is 1. The van der Waals surface area contributed by atoms with Gasteiger partial charge in [0, 0.05) is 17.7 Å². The van der Waals surface area contributed by atoms with Crippen LogP contribution in [-0.4, -0.2) is 26.3 Å². The number of aromatic nitrogens is 4. The Labute approximate surface area is 98.5 Å². The normalized spacial score (nSPS) is 10.5. The number of anilines is 1. The summed E-state index contributed by atoms with van der Waals surface area (Å²) in [5.41, 5.74) is 1.57. The summed E-state index contributed by atoms with van der Waals surface area (Å²) in [6.45, 7) is 3.66. The van der Waals surface area contributed by atoms with Crippen LogP contribution in [0.2, 0.25) is 0 Å². The van der Waals surface area contributed by atoms with Gasteiger partial charge in [0.2, 0.25) is 5.91 Å². The molecule has 0 spiro atoms. The zero-order valence-corrected chi connectivity index (χ0v) is 9.64. The Morgan fingerprint density at radius 3 is 2.94 bits per heavy atom. The van der Waals surface area contributed by atoms with Gasteiger partial charge in [0.15, 0.2) is 0 Å². The third-order valence-corrected chi connectivity index (χ3v) is 2.25. The summed E-state index contributed by atoms with van der Waals surface area (Å²) < 4.78 is 0. The molecule has 6 heteroatoms. The fourth-order valence-corrected chi connectivity index (χ4v) is 1.27. The van der Waals surface area contributed by atoms with Gasteiger partial charge < -0.3 is 5.32 Å². The monoisotopic (exact) mass is 231 g/mol. The predicted octanol–water partition coefficient (Wildman–Crippen LogP) is 1.46. The van der Waals surface area contributed by atoms with E-state index < -0.39 is 0 Å². The molecule has 0 aliphatic rings. The van der Waals surface area contributed by atoms with E-state index in [1.807, 2.05) is 19.9 Å². The van der Waals surface area contributed by atoms with Gasteiger partial charge >= 0.3 is 0 Å². The zero-order valence-electron chi connectivity index (χ0n) is 9.64. The number of nitrogens with one attached hydrogen (secondary N) is 2. The molecule has 0 aromatic carbocycles. The van der Waals surface area contributed by atoms with Crippen molar-refractivity contribution in [3.05, 3.63) is 24.5 Å². The summed E-state index contributed by atoms with van der Waals surface area (Å²) in [6.07, 6.45) is 3.24. The van der Waals surface area contributed by atoms with Crippen LogP contribution in [0.5, 0.6) is 0 Å². The first-order chi connectivity index (χ1) is 8.16. The number of pyridine rings is 1. The van der Waals surface area contributed by atoms with E-state index in [1.54, 1.807) is 18.5 Å².